The van der Waals surface area contributed by atoms with Crippen LogP contribution in [0.25, 0.3) is 0 Å². The maximum atomic E-state index is 13.6. The van der Waals surface area contributed by atoms with Gasteiger partial charge in [-0.25, -0.2) is 4.79 Å². The van der Waals surface area contributed by atoms with Crippen LogP contribution >= 0.6 is 0 Å². The molecule has 1 aromatic carbocycles. The highest BCUT2D eigenvalue weighted by Gasteiger charge is 2.36. The summed E-state index contributed by atoms with van der Waals surface area (Å²) in [5.74, 6) is -2.25. The lowest BCUT2D eigenvalue weighted by atomic mass is 9.83. The molecule has 2 aliphatic rings. The number of ether oxygens (including phenoxy) is 1. The lowest BCUT2D eigenvalue weighted by molar-refractivity contribution is -0.127. The number of rotatable bonds is 12. The molecule has 2 N–H and O–H groups in total. The molecule has 1 saturated carbocycles. The van der Waals surface area contributed by atoms with Crippen LogP contribution in [0.5, 0.6) is 0 Å². The Balaban J connectivity index is 1.43. The lowest BCUT2D eigenvalue weighted by Gasteiger charge is -2.32. The van der Waals surface area contributed by atoms with E-state index in [0.717, 1.165) is 42.7 Å². The Bertz CT molecular complexity index is 1280. The molecule has 3 atom stereocenters. The van der Waals surface area contributed by atoms with Gasteiger partial charge in [-0.3, -0.25) is 19.3 Å². The monoisotopic (exact) mass is 583 g/mol. The van der Waals surface area contributed by atoms with Gasteiger partial charge in [-0.15, -0.1) is 5.10 Å². The fraction of sp³-hybridized carbons (Fsp3) is 0.645. The minimum absolute atomic E-state index is 0.0929. The van der Waals surface area contributed by atoms with Crippen LogP contribution in [0.15, 0.2) is 33.5 Å². The van der Waals surface area contributed by atoms with Gasteiger partial charge in [0.1, 0.15) is 0 Å². The zero-order valence-electron chi connectivity index (χ0n) is 25.3. The third kappa shape index (κ3) is 8.61. The number of nitrogens with zero attached hydrogens (tertiary/aromatic N) is 3. The zero-order chi connectivity index (χ0) is 30.2. The highest BCUT2D eigenvalue weighted by Crippen LogP contribution is 2.26. The Kier molecular flexibility index (Phi) is 11.1. The molecule has 11 heteroatoms. The first-order valence-corrected chi connectivity index (χ1v) is 15.2. The molecule has 1 aliphatic carbocycles. The fourth-order valence-electron chi connectivity index (χ4n) is 5.70. The number of aromatic nitrogens is 2. The van der Waals surface area contributed by atoms with Crippen LogP contribution in [0.1, 0.15) is 86.4 Å². The van der Waals surface area contributed by atoms with Gasteiger partial charge in [0.25, 0.3) is 11.8 Å². The van der Waals surface area contributed by atoms with Gasteiger partial charge in [-0.05, 0) is 48.8 Å². The van der Waals surface area contributed by atoms with Gasteiger partial charge in [0.15, 0.2) is 0 Å². The first-order chi connectivity index (χ1) is 20.1. The van der Waals surface area contributed by atoms with Crippen molar-refractivity contribution in [2.24, 2.45) is 17.8 Å². The van der Waals surface area contributed by atoms with Crippen molar-refractivity contribution in [3.8, 4) is 0 Å². The summed E-state index contributed by atoms with van der Waals surface area (Å²) < 4.78 is 11.8. The summed E-state index contributed by atoms with van der Waals surface area (Å²) in [5.41, 5.74) is 1.62. The summed E-state index contributed by atoms with van der Waals surface area (Å²) >= 11 is 0. The second-order valence-corrected chi connectivity index (χ2v) is 12.4. The van der Waals surface area contributed by atoms with E-state index in [1.165, 1.54) is 0 Å². The fourth-order valence-corrected chi connectivity index (χ4v) is 5.70. The van der Waals surface area contributed by atoms with Crippen LogP contribution in [0.3, 0.4) is 0 Å². The molecule has 2 aromatic rings. The van der Waals surface area contributed by atoms with Gasteiger partial charge in [-0.2, -0.15) is 4.68 Å². The van der Waals surface area contributed by atoms with Gasteiger partial charge in [0.2, 0.25) is 11.7 Å². The number of hydrogen-bond acceptors (Lipinski definition) is 8. The van der Waals surface area contributed by atoms with E-state index in [-0.39, 0.29) is 35.6 Å². The summed E-state index contributed by atoms with van der Waals surface area (Å²) in [6, 6.07) is 6.36. The Morgan fingerprint density at radius 2 is 1.79 bits per heavy atom. The molecule has 0 radical (unpaired) electrons. The molecule has 2 fully saturated rings. The number of carbonyl (C=O) groups excluding carboxylic acids is 3. The number of morpholine rings is 1. The normalized spacial score (nSPS) is 20.4. The molecule has 1 aliphatic heterocycles. The van der Waals surface area contributed by atoms with Crippen molar-refractivity contribution in [3.05, 3.63) is 51.8 Å². The summed E-state index contributed by atoms with van der Waals surface area (Å²) in [6.07, 6.45) is 3.41. The van der Waals surface area contributed by atoms with Crippen LogP contribution in [0, 0.1) is 17.8 Å². The molecule has 0 spiro atoms. The molecule has 2 heterocycles. The quantitative estimate of drug-likeness (QED) is 0.364. The molecular formula is C31H45N5O6. The minimum atomic E-state index is -0.891. The van der Waals surface area contributed by atoms with Crippen molar-refractivity contribution in [1.82, 2.24) is 25.3 Å². The number of carbonyl (C=O) groups is 3. The third-order valence-electron chi connectivity index (χ3n) is 7.81. The molecule has 11 nitrogen and oxygen atoms in total. The van der Waals surface area contributed by atoms with Gasteiger partial charge < -0.3 is 19.8 Å². The summed E-state index contributed by atoms with van der Waals surface area (Å²) in [7, 11) is 0. The van der Waals surface area contributed by atoms with E-state index >= 15 is 0 Å². The molecule has 2 amide bonds. The smallest absolute Gasteiger partial charge is 0.384 e. The molecule has 0 bridgehead atoms. The molecule has 1 aromatic heterocycles. The Labute approximate surface area is 247 Å². The Morgan fingerprint density at radius 1 is 1.05 bits per heavy atom. The van der Waals surface area contributed by atoms with Crippen LogP contribution in [-0.4, -0.2) is 70.7 Å². The SMILES string of the molecule is CC(C)C[C@H](NC(=O)[C@@H]1CCCC[C@@H]1NC(=O)c1cccc(CN2CCOCC2)c1)C(=O)c1nn(CC(C)C)c(=O)o1. The van der Waals surface area contributed by atoms with Crippen LogP contribution < -0.4 is 16.4 Å². The van der Waals surface area contributed by atoms with Gasteiger partial charge in [0, 0.05) is 31.2 Å². The van der Waals surface area contributed by atoms with Crippen LogP contribution in [0.4, 0.5) is 0 Å². The zero-order valence-corrected chi connectivity index (χ0v) is 25.3. The number of amides is 2. The predicted octanol–water partition coefficient (Wildman–Crippen LogP) is 3.03. The van der Waals surface area contributed by atoms with E-state index in [9.17, 15) is 19.2 Å². The number of hydrogen-bond donors (Lipinski definition) is 2. The maximum absolute atomic E-state index is 13.6. The molecule has 42 heavy (non-hydrogen) atoms. The average Bonchev–Trinajstić information content (AvgIpc) is 3.32. The van der Waals surface area contributed by atoms with Crippen LogP contribution in [-0.2, 0) is 22.6 Å². The highest BCUT2D eigenvalue weighted by atomic mass is 16.5. The molecular weight excluding hydrogens is 538 g/mol. The molecule has 230 valence electrons. The lowest BCUT2D eigenvalue weighted by Crippen LogP contribution is -2.52. The second kappa shape index (κ2) is 14.7. The summed E-state index contributed by atoms with van der Waals surface area (Å²) in [5, 5.41) is 10.1. The van der Waals surface area contributed by atoms with Gasteiger partial charge in [0.05, 0.1) is 31.7 Å². The predicted molar refractivity (Wildman–Crippen MR) is 157 cm³/mol. The van der Waals surface area contributed by atoms with Gasteiger partial charge >= 0.3 is 5.76 Å². The highest BCUT2D eigenvalue weighted by molar-refractivity contribution is 5.99. The van der Waals surface area contributed by atoms with E-state index < -0.39 is 23.5 Å². The van der Waals surface area contributed by atoms with Crippen molar-refractivity contribution in [1.29, 1.82) is 0 Å². The first kappa shape index (κ1) is 31.6. The van der Waals surface area contributed by atoms with E-state index in [1.807, 2.05) is 45.9 Å². The minimum Gasteiger partial charge on any atom is -0.384 e. The van der Waals surface area contributed by atoms with Crippen molar-refractivity contribution >= 4 is 17.6 Å². The summed E-state index contributed by atoms with van der Waals surface area (Å²) in [6.45, 7) is 12.0. The van der Waals surface area contributed by atoms with Crippen LogP contribution in [0.2, 0.25) is 0 Å². The first-order valence-electron chi connectivity index (χ1n) is 15.2. The van der Waals surface area contributed by atoms with Crippen molar-refractivity contribution in [2.75, 3.05) is 26.3 Å². The van der Waals surface area contributed by atoms with E-state index in [4.69, 9.17) is 9.15 Å². The van der Waals surface area contributed by atoms with E-state index in [0.29, 0.717) is 44.6 Å². The standard InChI is InChI=1S/C31H45N5O6/c1-20(2)16-26(27(37)30-34-36(18-21(3)4)31(40)42-30)33-29(39)24-10-5-6-11-25(24)32-28(38)23-9-7-8-22(17-23)19-35-12-14-41-15-13-35/h7-9,17,20-21,24-26H,5-6,10-16,18-19H2,1-4H3,(H,32,38)(H,33,39)/t24-,25+,26+/m1/s1. The Hall–Kier alpha value is -3.31. The maximum Gasteiger partial charge on any atom is 0.437 e. The van der Waals surface area contributed by atoms with Crippen molar-refractivity contribution in [2.45, 2.75) is 85.0 Å². The number of ketones is 1. The number of benzene rings is 1. The third-order valence-corrected chi connectivity index (χ3v) is 7.81. The summed E-state index contributed by atoms with van der Waals surface area (Å²) in [4.78, 5) is 54.8. The number of nitrogens with one attached hydrogen (secondary N) is 2. The van der Waals surface area contributed by atoms with Crippen molar-refractivity contribution < 1.29 is 23.5 Å². The largest absolute Gasteiger partial charge is 0.437 e. The average molecular weight is 584 g/mol. The Morgan fingerprint density at radius 3 is 2.50 bits per heavy atom. The molecule has 4 rings (SSSR count). The second-order valence-electron chi connectivity index (χ2n) is 12.4. The molecule has 1 saturated heterocycles. The number of Topliss-reactive ketones (excluding diaryl/α,β-unsaturated/α-hetero) is 1. The van der Waals surface area contributed by atoms with E-state index in [1.54, 1.807) is 6.07 Å². The van der Waals surface area contributed by atoms with Gasteiger partial charge in [-0.1, -0.05) is 52.7 Å². The van der Waals surface area contributed by atoms with Crippen molar-refractivity contribution in [3.63, 3.8) is 0 Å². The molecule has 0 unspecified atom stereocenters. The topological polar surface area (TPSA) is 136 Å². The van der Waals surface area contributed by atoms with E-state index in [2.05, 4.69) is 20.6 Å².